The van der Waals surface area contributed by atoms with Crippen LogP contribution in [0.4, 0.5) is 0 Å². The Morgan fingerprint density at radius 3 is 2.93 bits per heavy atom. The second-order valence-corrected chi connectivity index (χ2v) is 4.06. The van der Waals surface area contributed by atoms with Gasteiger partial charge in [0.15, 0.2) is 0 Å². The second-order valence-electron chi connectivity index (χ2n) is 3.16. The largest absolute Gasteiger partial charge is 0.477 e. The number of carboxylic acids is 1. The van der Waals surface area contributed by atoms with Crippen molar-refractivity contribution in [2.75, 3.05) is 0 Å². The Labute approximate surface area is 85.6 Å². The van der Waals surface area contributed by atoms with Crippen molar-refractivity contribution in [3.05, 3.63) is 22.7 Å². The van der Waals surface area contributed by atoms with E-state index in [2.05, 4.69) is 0 Å². The molecule has 0 amide bonds. The molecule has 3 nitrogen and oxygen atoms in total. The number of carbonyl (C=O) groups is 1. The zero-order valence-electron chi connectivity index (χ0n) is 8.07. The Morgan fingerprint density at radius 2 is 2.36 bits per heavy atom. The summed E-state index contributed by atoms with van der Waals surface area (Å²) in [6, 6.07) is 1.98. The first-order valence-electron chi connectivity index (χ1n) is 4.46. The van der Waals surface area contributed by atoms with E-state index in [0.29, 0.717) is 12.2 Å². The van der Waals surface area contributed by atoms with Gasteiger partial charge in [0.1, 0.15) is 10.5 Å². The van der Waals surface area contributed by atoms with Crippen LogP contribution < -0.4 is 0 Å². The molecule has 2 rings (SSSR count). The lowest BCUT2D eigenvalue weighted by molar-refractivity contribution is 0.0685. The number of hydrogen-bond donors (Lipinski definition) is 1. The van der Waals surface area contributed by atoms with Crippen molar-refractivity contribution in [1.29, 1.82) is 0 Å². The first-order chi connectivity index (χ1) is 6.66. The van der Waals surface area contributed by atoms with Crippen molar-refractivity contribution in [3.8, 4) is 0 Å². The van der Waals surface area contributed by atoms with Crippen LogP contribution in [0.1, 0.15) is 23.0 Å². The fraction of sp³-hybridized carbons (Fsp3) is 0.300. The topological polar surface area (TPSA) is 42.2 Å². The minimum atomic E-state index is -0.840. The molecule has 0 radical (unpaired) electrons. The van der Waals surface area contributed by atoms with Crippen LogP contribution in [0, 0.1) is 6.92 Å². The van der Waals surface area contributed by atoms with Crippen LogP contribution in [0.2, 0.25) is 0 Å². The Kier molecular flexibility index (Phi) is 2.07. The van der Waals surface area contributed by atoms with Gasteiger partial charge in [0.25, 0.3) is 0 Å². The van der Waals surface area contributed by atoms with Gasteiger partial charge in [0, 0.05) is 11.9 Å². The van der Waals surface area contributed by atoms with Gasteiger partial charge in [-0.25, -0.2) is 4.79 Å². The van der Waals surface area contributed by atoms with Crippen LogP contribution in [-0.2, 0) is 6.54 Å². The molecule has 0 unspecified atom stereocenters. The number of rotatable bonds is 2. The normalized spacial score (nSPS) is 11.0. The molecule has 2 heterocycles. The Hall–Kier alpha value is -1.29. The van der Waals surface area contributed by atoms with Gasteiger partial charge in [-0.05, 0) is 30.9 Å². The summed E-state index contributed by atoms with van der Waals surface area (Å²) in [7, 11) is 0. The van der Waals surface area contributed by atoms with E-state index in [9.17, 15) is 4.79 Å². The number of fused-ring (bicyclic) bond motifs is 1. The third kappa shape index (κ3) is 1.07. The highest BCUT2D eigenvalue weighted by molar-refractivity contribution is 7.16. The maximum absolute atomic E-state index is 11.1. The predicted molar refractivity (Wildman–Crippen MR) is 57.2 cm³/mol. The van der Waals surface area contributed by atoms with Gasteiger partial charge >= 0.3 is 5.97 Å². The summed E-state index contributed by atoms with van der Waals surface area (Å²) in [6.45, 7) is 4.53. The maximum Gasteiger partial charge on any atom is 0.352 e. The molecule has 74 valence electrons. The third-order valence-electron chi connectivity index (χ3n) is 2.44. The number of aromatic nitrogens is 1. The highest BCUT2D eigenvalue weighted by Gasteiger charge is 2.18. The predicted octanol–water partition coefficient (Wildman–Crippen LogP) is 2.73. The fourth-order valence-electron chi connectivity index (χ4n) is 1.80. The third-order valence-corrected chi connectivity index (χ3v) is 3.37. The van der Waals surface area contributed by atoms with E-state index in [0.717, 1.165) is 15.8 Å². The van der Waals surface area contributed by atoms with Crippen LogP contribution in [0.3, 0.4) is 0 Å². The molecule has 0 saturated heterocycles. The van der Waals surface area contributed by atoms with E-state index in [1.807, 2.05) is 29.9 Å². The molecule has 0 aliphatic rings. The minimum absolute atomic E-state index is 0.425. The van der Waals surface area contributed by atoms with Crippen molar-refractivity contribution in [2.24, 2.45) is 0 Å². The molecule has 0 fully saturated rings. The Bertz CT molecular complexity index is 495. The molecular weight excluding hydrogens is 198 g/mol. The van der Waals surface area contributed by atoms with E-state index in [-0.39, 0.29) is 0 Å². The standard InChI is InChI=1S/C10H11NO2S/c1-3-11-8(10(12)13)6(2)7-4-5-14-9(7)11/h4-5H,3H2,1-2H3,(H,12,13). The molecule has 0 saturated carbocycles. The molecule has 14 heavy (non-hydrogen) atoms. The zero-order chi connectivity index (χ0) is 10.3. The molecule has 0 aliphatic carbocycles. The van der Waals surface area contributed by atoms with Gasteiger partial charge in [-0.3, -0.25) is 0 Å². The molecule has 1 N–H and O–H groups in total. The van der Waals surface area contributed by atoms with Crippen molar-refractivity contribution in [1.82, 2.24) is 4.57 Å². The molecular formula is C10H11NO2S. The summed E-state index contributed by atoms with van der Waals surface area (Å²) in [5.74, 6) is -0.840. The van der Waals surface area contributed by atoms with Gasteiger partial charge < -0.3 is 9.67 Å². The summed E-state index contributed by atoms with van der Waals surface area (Å²) in [5, 5.41) is 12.1. The minimum Gasteiger partial charge on any atom is -0.477 e. The van der Waals surface area contributed by atoms with Gasteiger partial charge in [0.2, 0.25) is 0 Å². The molecule has 0 spiro atoms. The molecule has 0 aromatic carbocycles. The SMILES string of the molecule is CCn1c(C(=O)O)c(C)c2ccsc21. The Balaban J connectivity index is 2.86. The van der Waals surface area contributed by atoms with Gasteiger partial charge in [0.05, 0.1) is 0 Å². The van der Waals surface area contributed by atoms with E-state index < -0.39 is 5.97 Å². The first kappa shape index (κ1) is 9.27. The lowest BCUT2D eigenvalue weighted by Crippen LogP contribution is -2.07. The molecule has 0 bridgehead atoms. The lowest BCUT2D eigenvalue weighted by atomic mass is 10.2. The van der Waals surface area contributed by atoms with Crippen LogP contribution in [-0.4, -0.2) is 15.6 Å². The molecule has 0 atom stereocenters. The average Bonchev–Trinajstić information content (AvgIpc) is 2.67. The Morgan fingerprint density at radius 1 is 1.64 bits per heavy atom. The van der Waals surface area contributed by atoms with Gasteiger partial charge in [-0.1, -0.05) is 0 Å². The van der Waals surface area contributed by atoms with E-state index in [1.54, 1.807) is 11.3 Å². The molecule has 4 heteroatoms. The van der Waals surface area contributed by atoms with Crippen molar-refractivity contribution >= 4 is 27.5 Å². The van der Waals surface area contributed by atoms with Crippen LogP contribution >= 0.6 is 11.3 Å². The van der Waals surface area contributed by atoms with Crippen LogP contribution in [0.5, 0.6) is 0 Å². The smallest absolute Gasteiger partial charge is 0.352 e. The monoisotopic (exact) mass is 209 g/mol. The van der Waals surface area contributed by atoms with Crippen LogP contribution in [0.15, 0.2) is 11.4 Å². The number of aryl methyl sites for hydroxylation is 2. The van der Waals surface area contributed by atoms with Gasteiger partial charge in [-0.15, -0.1) is 11.3 Å². The molecule has 2 aromatic heterocycles. The second kappa shape index (κ2) is 3.13. The quantitative estimate of drug-likeness (QED) is 0.826. The highest BCUT2D eigenvalue weighted by Crippen LogP contribution is 2.29. The molecule has 2 aromatic rings. The average molecular weight is 209 g/mol. The summed E-state index contributed by atoms with van der Waals surface area (Å²) >= 11 is 1.59. The number of aromatic carboxylic acids is 1. The number of nitrogens with zero attached hydrogens (tertiary/aromatic N) is 1. The number of hydrogen-bond acceptors (Lipinski definition) is 2. The summed E-state index contributed by atoms with van der Waals surface area (Å²) in [5.41, 5.74) is 1.30. The van der Waals surface area contributed by atoms with E-state index in [1.165, 1.54) is 0 Å². The highest BCUT2D eigenvalue weighted by atomic mass is 32.1. The summed E-state index contributed by atoms with van der Waals surface area (Å²) in [4.78, 5) is 12.1. The molecule has 0 aliphatic heterocycles. The zero-order valence-corrected chi connectivity index (χ0v) is 8.89. The summed E-state index contributed by atoms with van der Waals surface area (Å²) < 4.78 is 1.86. The number of carboxylic acid groups (broad SMARTS) is 1. The fourth-order valence-corrected chi connectivity index (χ4v) is 2.83. The van der Waals surface area contributed by atoms with Crippen LogP contribution in [0.25, 0.3) is 10.2 Å². The van der Waals surface area contributed by atoms with E-state index >= 15 is 0 Å². The van der Waals surface area contributed by atoms with Crippen molar-refractivity contribution in [3.63, 3.8) is 0 Å². The maximum atomic E-state index is 11.1. The van der Waals surface area contributed by atoms with Gasteiger partial charge in [-0.2, -0.15) is 0 Å². The first-order valence-corrected chi connectivity index (χ1v) is 5.34. The van der Waals surface area contributed by atoms with Crippen molar-refractivity contribution in [2.45, 2.75) is 20.4 Å². The van der Waals surface area contributed by atoms with Crippen molar-refractivity contribution < 1.29 is 9.90 Å². The lowest BCUT2D eigenvalue weighted by Gasteiger charge is -2.02. The van der Waals surface area contributed by atoms with E-state index in [4.69, 9.17) is 5.11 Å². The summed E-state index contributed by atoms with van der Waals surface area (Å²) in [6.07, 6.45) is 0. The number of thiophene rings is 1.